The van der Waals surface area contributed by atoms with Crippen molar-refractivity contribution in [2.45, 2.75) is 31.2 Å². The van der Waals surface area contributed by atoms with Crippen molar-refractivity contribution in [2.75, 3.05) is 13.2 Å². The minimum absolute atomic E-state index is 0.0876. The number of nitrogens with two attached hydrogens (primary N) is 1. The van der Waals surface area contributed by atoms with Gasteiger partial charge in [0.15, 0.2) is 0 Å². The SMILES string of the molecule is NC(CCNC1(CO)CCC1)=NO. The molecule has 0 heterocycles. The Labute approximate surface area is 77.6 Å². The smallest absolute Gasteiger partial charge is 0.140 e. The van der Waals surface area contributed by atoms with Crippen LogP contribution in [-0.4, -0.2) is 34.8 Å². The predicted molar refractivity (Wildman–Crippen MR) is 49.7 cm³/mol. The van der Waals surface area contributed by atoms with Crippen molar-refractivity contribution in [3.63, 3.8) is 0 Å². The van der Waals surface area contributed by atoms with Crippen LogP contribution < -0.4 is 11.1 Å². The summed E-state index contributed by atoms with van der Waals surface area (Å²) < 4.78 is 0. The van der Waals surface area contributed by atoms with Crippen molar-refractivity contribution in [3.05, 3.63) is 0 Å². The molecule has 0 bridgehead atoms. The second-order valence-corrected chi connectivity index (χ2v) is 3.56. The van der Waals surface area contributed by atoms with Gasteiger partial charge >= 0.3 is 0 Å². The lowest BCUT2D eigenvalue weighted by Gasteiger charge is -2.41. The van der Waals surface area contributed by atoms with Crippen molar-refractivity contribution in [2.24, 2.45) is 10.9 Å². The maximum absolute atomic E-state index is 9.09. The molecule has 5 heteroatoms. The Morgan fingerprint density at radius 3 is 2.62 bits per heavy atom. The summed E-state index contributed by atoms with van der Waals surface area (Å²) in [6.07, 6.45) is 3.70. The van der Waals surface area contributed by atoms with Gasteiger partial charge in [-0.25, -0.2) is 0 Å². The molecule has 5 N–H and O–H groups in total. The van der Waals surface area contributed by atoms with E-state index in [0.717, 1.165) is 19.3 Å². The van der Waals surface area contributed by atoms with Crippen molar-refractivity contribution >= 4 is 5.84 Å². The Kier molecular flexibility index (Phi) is 3.50. The number of hydrogen-bond donors (Lipinski definition) is 4. The molecule has 0 unspecified atom stereocenters. The molecule has 1 rings (SSSR count). The molecule has 0 atom stereocenters. The first-order valence-electron chi connectivity index (χ1n) is 4.55. The quantitative estimate of drug-likeness (QED) is 0.204. The first kappa shape index (κ1) is 10.3. The monoisotopic (exact) mass is 187 g/mol. The normalized spacial score (nSPS) is 21.2. The third-order valence-electron chi connectivity index (χ3n) is 2.62. The fraction of sp³-hybridized carbons (Fsp3) is 0.875. The maximum atomic E-state index is 9.09. The number of aliphatic hydroxyl groups excluding tert-OH is 1. The molecule has 1 fully saturated rings. The molecular weight excluding hydrogens is 170 g/mol. The third kappa shape index (κ3) is 2.57. The van der Waals surface area contributed by atoms with Crippen LogP contribution in [0.3, 0.4) is 0 Å². The van der Waals surface area contributed by atoms with Crippen LogP contribution >= 0.6 is 0 Å². The van der Waals surface area contributed by atoms with Gasteiger partial charge in [0.05, 0.1) is 6.61 Å². The number of hydrogen-bond acceptors (Lipinski definition) is 4. The molecule has 1 aliphatic rings. The van der Waals surface area contributed by atoms with Crippen LogP contribution in [0, 0.1) is 0 Å². The second-order valence-electron chi connectivity index (χ2n) is 3.56. The molecule has 0 spiro atoms. The van der Waals surface area contributed by atoms with Gasteiger partial charge < -0.3 is 21.4 Å². The topological polar surface area (TPSA) is 90.9 Å². The summed E-state index contributed by atoms with van der Waals surface area (Å²) in [5.41, 5.74) is 5.21. The molecule has 0 aromatic carbocycles. The van der Waals surface area contributed by atoms with Crippen molar-refractivity contribution in [1.82, 2.24) is 5.32 Å². The van der Waals surface area contributed by atoms with Crippen LogP contribution in [0.1, 0.15) is 25.7 Å². The average molecular weight is 187 g/mol. The standard InChI is InChI=1S/C8H17N3O2/c9-7(11-13)2-5-10-8(6-12)3-1-4-8/h10,12-13H,1-6H2,(H2,9,11). The Morgan fingerprint density at radius 1 is 1.54 bits per heavy atom. The van der Waals surface area contributed by atoms with E-state index in [-0.39, 0.29) is 18.0 Å². The molecule has 76 valence electrons. The zero-order valence-electron chi connectivity index (χ0n) is 7.66. The fourth-order valence-electron chi connectivity index (χ4n) is 1.50. The summed E-state index contributed by atoms with van der Waals surface area (Å²) in [5.74, 6) is 0.222. The molecule has 0 saturated heterocycles. The van der Waals surface area contributed by atoms with E-state index in [4.69, 9.17) is 16.0 Å². The van der Waals surface area contributed by atoms with Gasteiger partial charge in [-0.3, -0.25) is 0 Å². The maximum Gasteiger partial charge on any atom is 0.140 e. The van der Waals surface area contributed by atoms with E-state index >= 15 is 0 Å². The van der Waals surface area contributed by atoms with Crippen molar-refractivity contribution in [3.8, 4) is 0 Å². The lowest BCUT2D eigenvalue weighted by molar-refractivity contribution is 0.0899. The number of aliphatic hydroxyl groups is 1. The van der Waals surface area contributed by atoms with Crippen molar-refractivity contribution < 1.29 is 10.3 Å². The highest BCUT2D eigenvalue weighted by Gasteiger charge is 2.35. The Bertz CT molecular complexity index is 184. The second kappa shape index (κ2) is 4.43. The molecule has 0 aromatic rings. The summed E-state index contributed by atoms with van der Waals surface area (Å²) in [4.78, 5) is 0. The Hall–Kier alpha value is -0.810. The zero-order valence-corrected chi connectivity index (χ0v) is 7.66. The van der Waals surface area contributed by atoms with Gasteiger partial charge in [-0.15, -0.1) is 0 Å². The summed E-state index contributed by atoms with van der Waals surface area (Å²) in [6, 6.07) is 0. The van der Waals surface area contributed by atoms with E-state index in [0.29, 0.717) is 13.0 Å². The van der Waals surface area contributed by atoms with Gasteiger partial charge in [0.1, 0.15) is 5.84 Å². The predicted octanol–water partition coefficient (Wildman–Crippen LogP) is -0.372. The minimum Gasteiger partial charge on any atom is -0.409 e. The minimum atomic E-state index is -0.0876. The van der Waals surface area contributed by atoms with Crippen LogP contribution in [0.5, 0.6) is 0 Å². The first-order valence-corrected chi connectivity index (χ1v) is 4.55. The molecule has 0 aromatic heterocycles. The van der Waals surface area contributed by atoms with E-state index < -0.39 is 0 Å². The van der Waals surface area contributed by atoms with Gasteiger partial charge in [-0.05, 0) is 19.3 Å². The van der Waals surface area contributed by atoms with Crippen LogP contribution in [-0.2, 0) is 0 Å². The van der Waals surface area contributed by atoms with Gasteiger partial charge in [0, 0.05) is 18.5 Å². The molecular formula is C8H17N3O2. The number of rotatable bonds is 5. The Balaban J connectivity index is 2.18. The largest absolute Gasteiger partial charge is 0.409 e. The number of oxime groups is 1. The van der Waals surface area contributed by atoms with Gasteiger partial charge in [-0.2, -0.15) is 0 Å². The highest BCUT2D eigenvalue weighted by molar-refractivity contribution is 5.79. The molecule has 1 saturated carbocycles. The molecule has 1 aliphatic carbocycles. The average Bonchev–Trinajstić information content (AvgIpc) is 2.09. The molecule has 0 radical (unpaired) electrons. The van der Waals surface area contributed by atoms with Crippen LogP contribution in [0.15, 0.2) is 5.16 Å². The summed E-state index contributed by atoms with van der Waals surface area (Å²) in [5, 5.41) is 23.5. The van der Waals surface area contributed by atoms with Crippen molar-refractivity contribution in [1.29, 1.82) is 0 Å². The van der Waals surface area contributed by atoms with Gasteiger partial charge in [0.2, 0.25) is 0 Å². The number of amidine groups is 1. The number of nitrogens with one attached hydrogen (secondary N) is 1. The lowest BCUT2D eigenvalue weighted by atomic mass is 9.77. The van der Waals surface area contributed by atoms with E-state index in [2.05, 4.69) is 10.5 Å². The lowest BCUT2D eigenvalue weighted by Crippen LogP contribution is -2.54. The van der Waals surface area contributed by atoms with Crippen LogP contribution in [0.2, 0.25) is 0 Å². The number of nitrogens with zero attached hydrogens (tertiary/aromatic N) is 1. The first-order chi connectivity index (χ1) is 6.22. The van der Waals surface area contributed by atoms with Crippen LogP contribution in [0.25, 0.3) is 0 Å². The van der Waals surface area contributed by atoms with E-state index in [1.165, 1.54) is 0 Å². The highest BCUT2D eigenvalue weighted by Crippen LogP contribution is 2.30. The van der Waals surface area contributed by atoms with E-state index in [1.54, 1.807) is 0 Å². The van der Waals surface area contributed by atoms with Gasteiger partial charge in [0.25, 0.3) is 0 Å². The fourth-order valence-corrected chi connectivity index (χ4v) is 1.50. The molecule has 0 aliphatic heterocycles. The van der Waals surface area contributed by atoms with E-state index in [9.17, 15) is 0 Å². The summed E-state index contributed by atoms with van der Waals surface area (Å²) in [7, 11) is 0. The van der Waals surface area contributed by atoms with E-state index in [1.807, 2.05) is 0 Å². The zero-order chi connectivity index (χ0) is 9.73. The Morgan fingerprint density at radius 2 is 2.23 bits per heavy atom. The highest BCUT2D eigenvalue weighted by atomic mass is 16.4. The molecule has 0 amide bonds. The summed E-state index contributed by atoms with van der Waals surface area (Å²) in [6.45, 7) is 0.819. The summed E-state index contributed by atoms with van der Waals surface area (Å²) >= 11 is 0. The van der Waals surface area contributed by atoms with Gasteiger partial charge in [-0.1, -0.05) is 5.16 Å². The molecule has 5 nitrogen and oxygen atoms in total. The molecule has 13 heavy (non-hydrogen) atoms. The van der Waals surface area contributed by atoms with Crippen LogP contribution in [0.4, 0.5) is 0 Å². The third-order valence-corrected chi connectivity index (χ3v) is 2.62.